The summed E-state index contributed by atoms with van der Waals surface area (Å²) in [4.78, 5) is 48.1. The SMILES string of the molecule is C=CCN(CCC)C(=O)[C@H]1[C@@H]2OC3(CC2Br)C(C(=O)N(CC=C)c2c(C)cccc2Cl)N(CCCCCCO)C(=O)[C@H]13. The average Bonchev–Trinajstić information content (AvgIpc) is 3.54. The zero-order valence-corrected chi connectivity index (χ0v) is 27.0. The van der Waals surface area contributed by atoms with Gasteiger partial charge in [-0.2, -0.15) is 0 Å². The number of anilines is 1. The van der Waals surface area contributed by atoms with E-state index >= 15 is 0 Å². The third-order valence-electron chi connectivity index (χ3n) is 8.81. The van der Waals surface area contributed by atoms with Crippen LogP contribution >= 0.6 is 27.5 Å². The highest BCUT2D eigenvalue weighted by Gasteiger charge is 2.76. The van der Waals surface area contributed by atoms with Crippen molar-refractivity contribution in [2.75, 3.05) is 37.7 Å². The number of ether oxygens (including phenoxy) is 1. The third-order valence-corrected chi connectivity index (χ3v) is 9.96. The van der Waals surface area contributed by atoms with Crippen LogP contribution in [0.25, 0.3) is 0 Å². The molecule has 6 atom stereocenters. The van der Waals surface area contributed by atoms with Crippen molar-refractivity contribution in [3.8, 4) is 0 Å². The van der Waals surface area contributed by atoms with E-state index in [-0.39, 0.29) is 35.7 Å². The lowest BCUT2D eigenvalue weighted by Crippen LogP contribution is -2.57. The summed E-state index contributed by atoms with van der Waals surface area (Å²) in [7, 11) is 0. The summed E-state index contributed by atoms with van der Waals surface area (Å²) >= 11 is 10.4. The zero-order valence-electron chi connectivity index (χ0n) is 24.6. The Kier molecular flexibility index (Phi) is 10.9. The first kappa shape index (κ1) is 32.7. The molecule has 1 aromatic rings. The van der Waals surface area contributed by atoms with Crippen molar-refractivity contribution in [3.05, 3.63) is 54.1 Å². The Labute approximate surface area is 262 Å². The van der Waals surface area contributed by atoms with Gasteiger partial charge in [-0.15, -0.1) is 13.2 Å². The van der Waals surface area contributed by atoms with Crippen LogP contribution in [0.1, 0.15) is 51.0 Å². The van der Waals surface area contributed by atoms with E-state index < -0.39 is 29.6 Å². The second kappa shape index (κ2) is 14.1. The maximum Gasteiger partial charge on any atom is 0.253 e. The fourth-order valence-corrected chi connectivity index (χ4v) is 8.41. The highest BCUT2D eigenvalue weighted by atomic mass is 79.9. The number of aliphatic hydroxyl groups excluding tert-OH is 1. The van der Waals surface area contributed by atoms with Gasteiger partial charge in [0.25, 0.3) is 5.91 Å². The van der Waals surface area contributed by atoms with Gasteiger partial charge in [0.15, 0.2) is 0 Å². The smallest absolute Gasteiger partial charge is 0.253 e. The molecule has 0 radical (unpaired) electrons. The molecular formula is C32H43BrClN3O5. The number of nitrogens with zero attached hydrogens (tertiary/aromatic N) is 3. The summed E-state index contributed by atoms with van der Waals surface area (Å²) < 4.78 is 6.72. The van der Waals surface area contributed by atoms with Crippen molar-refractivity contribution in [2.24, 2.45) is 11.8 Å². The molecule has 3 fully saturated rings. The molecule has 3 heterocycles. The van der Waals surface area contributed by atoms with E-state index in [4.69, 9.17) is 16.3 Å². The molecule has 0 aliphatic carbocycles. The van der Waals surface area contributed by atoms with E-state index in [0.717, 1.165) is 24.8 Å². The summed E-state index contributed by atoms with van der Waals surface area (Å²) in [6, 6.07) is 4.55. The fourth-order valence-electron chi connectivity index (χ4n) is 7.14. The van der Waals surface area contributed by atoms with Gasteiger partial charge in [-0.05, 0) is 44.2 Å². The molecule has 1 N–H and O–H groups in total. The summed E-state index contributed by atoms with van der Waals surface area (Å²) in [6.45, 7) is 13.2. The van der Waals surface area contributed by atoms with Gasteiger partial charge in [0, 0.05) is 37.6 Å². The van der Waals surface area contributed by atoms with Gasteiger partial charge < -0.3 is 24.5 Å². The number of likely N-dealkylation sites (tertiary alicyclic amines) is 1. The molecule has 3 aliphatic heterocycles. The minimum Gasteiger partial charge on any atom is -0.396 e. The molecule has 3 saturated heterocycles. The first-order chi connectivity index (χ1) is 20.2. The van der Waals surface area contributed by atoms with E-state index in [1.807, 2.05) is 26.0 Å². The van der Waals surface area contributed by atoms with Crippen molar-refractivity contribution in [2.45, 2.75) is 74.9 Å². The topological polar surface area (TPSA) is 90.4 Å². The van der Waals surface area contributed by atoms with Crippen molar-refractivity contribution in [3.63, 3.8) is 0 Å². The van der Waals surface area contributed by atoms with E-state index in [1.54, 1.807) is 32.9 Å². The van der Waals surface area contributed by atoms with Gasteiger partial charge in [0.1, 0.15) is 11.6 Å². The van der Waals surface area contributed by atoms with Crippen LogP contribution in [-0.2, 0) is 19.1 Å². The van der Waals surface area contributed by atoms with Gasteiger partial charge in [-0.25, -0.2) is 0 Å². The number of para-hydroxylation sites is 1. The van der Waals surface area contributed by atoms with E-state index in [0.29, 0.717) is 49.6 Å². The van der Waals surface area contributed by atoms with E-state index in [9.17, 15) is 19.5 Å². The number of halogens is 2. The van der Waals surface area contributed by atoms with Crippen molar-refractivity contribution in [1.82, 2.24) is 9.80 Å². The number of fused-ring (bicyclic) bond motifs is 1. The molecule has 1 aromatic carbocycles. The lowest BCUT2D eigenvalue weighted by molar-refractivity contribution is -0.145. The first-order valence-corrected chi connectivity index (χ1v) is 16.3. The van der Waals surface area contributed by atoms with Gasteiger partial charge in [-0.3, -0.25) is 14.4 Å². The molecule has 8 nitrogen and oxygen atoms in total. The molecule has 3 aliphatic rings. The van der Waals surface area contributed by atoms with Crippen molar-refractivity contribution in [1.29, 1.82) is 0 Å². The van der Waals surface area contributed by atoms with Crippen molar-refractivity contribution >= 4 is 50.9 Å². The van der Waals surface area contributed by atoms with E-state index in [2.05, 4.69) is 29.1 Å². The Morgan fingerprint density at radius 3 is 2.55 bits per heavy atom. The molecule has 4 rings (SSSR count). The van der Waals surface area contributed by atoms with Crippen LogP contribution < -0.4 is 4.90 Å². The van der Waals surface area contributed by atoms with Crippen LogP contribution in [0.15, 0.2) is 43.5 Å². The number of alkyl halides is 1. The molecule has 3 unspecified atom stereocenters. The average molecular weight is 665 g/mol. The number of aryl methyl sites for hydroxylation is 1. The molecule has 3 amide bonds. The second-order valence-electron chi connectivity index (χ2n) is 11.5. The number of hydrogen-bond acceptors (Lipinski definition) is 5. The largest absolute Gasteiger partial charge is 0.396 e. The van der Waals surface area contributed by atoms with Crippen LogP contribution in [0, 0.1) is 18.8 Å². The number of carbonyl (C=O) groups is 3. The number of rotatable bonds is 15. The molecule has 0 saturated carbocycles. The third kappa shape index (κ3) is 5.82. The van der Waals surface area contributed by atoms with Crippen LogP contribution in [0.4, 0.5) is 5.69 Å². The number of benzene rings is 1. The van der Waals surface area contributed by atoms with E-state index in [1.165, 1.54) is 0 Å². The lowest BCUT2D eigenvalue weighted by Gasteiger charge is -2.38. The van der Waals surface area contributed by atoms with Crippen LogP contribution in [0.2, 0.25) is 5.02 Å². The predicted molar refractivity (Wildman–Crippen MR) is 169 cm³/mol. The Morgan fingerprint density at radius 1 is 1.19 bits per heavy atom. The normalized spacial score (nSPS) is 27.7. The molecule has 10 heteroatoms. The highest BCUT2D eigenvalue weighted by Crippen LogP contribution is 2.60. The summed E-state index contributed by atoms with van der Waals surface area (Å²) in [5.41, 5.74) is 0.253. The van der Waals surface area contributed by atoms with Crippen LogP contribution in [0.3, 0.4) is 0 Å². The maximum atomic E-state index is 14.8. The van der Waals surface area contributed by atoms with Crippen LogP contribution in [-0.4, -0.2) is 88.0 Å². The molecule has 42 heavy (non-hydrogen) atoms. The second-order valence-corrected chi connectivity index (χ2v) is 13.1. The minimum absolute atomic E-state index is 0.118. The molecule has 2 bridgehead atoms. The van der Waals surface area contributed by atoms with Gasteiger partial charge >= 0.3 is 0 Å². The quantitative estimate of drug-likeness (QED) is 0.164. The number of unbranched alkanes of at least 4 members (excludes halogenated alkanes) is 3. The Balaban J connectivity index is 1.78. The molecule has 230 valence electrons. The molecule has 0 aromatic heterocycles. The van der Waals surface area contributed by atoms with Gasteiger partial charge in [-0.1, -0.05) is 71.6 Å². The summed E-state index contributed by atoms with van der Waals surface area (Å²) in [5, 5.41) is 9.64. The standard InChI is InChI=1S/C32H43BrClN3O5/c1-5-15-35(16-6-2)29(39)24-25-30(40)37(18-10-8-9-11-19-38)28(32(25)20-22(33)27(24)42-32)31(41)36(17-7-3)26-21(4)13-12-14-23(26)34/h5,7,12-14,22,24-25,27-28,38H,1,3,6,8-11,15-20H2,2,4H3/t22?,24-,25+,27-,28?,32?/m1/s1. The minimum atomic E-state index is -1.15. The number of aliphatic hydroxyl groups is 1. The summed E-state index contributed by atoms with van der Waals surface area (Å²) in [6.07, 6.45) is 7.02. The lowest BCUT2D eigenvalue weighted by atomic mass is 9.70. The van der Waals surface area contributed by atoms with Gasteiger partial charge in [0.05, 0.1) is 28.6 Å². The number of carbonyl (C=O) groups excluding carboxylic acids is 3. The zero-order chi connectivity index (χ0) is 30.6. The van der Waals surface area contributed by atoms with Crippen molar-refractivity contribution < 1.29 is 24.2 Å². The van der Waals surface area contributed by atoms with Crippen LogP contribution in [0.5, 0.6) is 0 Å². The number of hydrogen-bond donors (Lipinski definition) is 1. The fraction of sp³-hybridized carbons (Fsp3) is 0.594. The first-order valence-electron chi connectivity index (χ1n) is 15.0. The maximum absolute atomic E-state index is 14.8. The Hall–Kier alpha value is -2.20. The monoisotopic (exact) mass is 663 g/mol. The summed E-state index contributed by atoms with van der Waals surface area (Å²) in [5.74, 6) is -2.10. The van der Waals surface area contributed by atoms with Gasteiger partial charge in [0.2, 0.25) is 11.8 Å². The Bertz CT molecular complexity index is 1180. The highest BCUT2D eigenvalue weighted by molar-refractivity contribution is 9.09. The molecular weight excluding hydrogens is 622 g/mol. The Morgan fingerprint density at radius 2 is 1.90 bits per heavy atom. The predicted octanol–water partition coefficient (Wildman–Crippen LogP) is 4.89. The molecule has 1 spiro atoms. The number of amides is 3.